The average molecular weight is 497 g/mol. The zero-order chi connectivity index (χ0) is 26.1. The minimum absolute atomic E-state index is 0.0957. The van der Waals surface area contributed by atoms with Gasteiger partial charge >= 0.3 is 0 Å². The van der Waals surface area contributed by atoms with Crippen LogP contribution in [0.2, 0.25) is 0 Å². The van der Waals surface area contributed by atoms with Crippen LogP contribution in [0.25, 0.3) is 0 Å². The van der Waals surface area contributed by atoms with Crippen molar-refractivity contribution in [2.75, 3.05) is 48.9 Å². The second kappa shape index (κ2) is 9.82. The van der Waals surface area contributed by atoms with Crippen LogP contribution in [0.4, 0.5) is 28.6 Å². The number of hydrogen-bond acceptors (Lipinski definition) is 7. The molecule has 9 nitrogen and oxygen atoms in total. The number of benzene rings is 2. The van der Waals surface area contributed by atoms with Crippen molar-refractivity contribution in [2.45, 2.75) is 13.3 Å². The Balaban J connectivity index is 1.45. The summed E-state index contributed by atoms with van der Waals surface area (Å²) in [6.45, 7) is 3.34. The highest BCUT2D eigenvalue weighted by molar-refractivity contribution is 6.13. The number of anilines is 5. The van der Waals surface area contributed by atoms with Crippen molar-refractivity contribution in [3.63, 3.8) is 0 Å². The number of aromatic nitrogens is 1. The van der Waals surface area contributed by atoms with Crippen LogP contribution in [-0.2, 0) is 0 Å². The summed E-state index contributed by atoms with van der Waals surface area (Å²) in [5.74, 6) is 0.785. The largest absolute Gasteiger partial charge is 0.492 e. The highest BCUT2D eigenvalue weighted by atomic mass is 16.5. The Bertz CT molecular complexity index is 1420. The highest BCUT2D eigenvalue weighted by Crippen LogP contribution is 2.40. The molecule has 1 aromatic heterocycles. The lowest BCUT2D eigenvalue weighted by molar-refractivity contribution is 0.0789. The fourth-order valence-electron chi connectivity index (χ4n) is 4.80. The first-order valence-corrected chi connectivity index (χ1v) is 12.2. The number of likely N-dealkylation sites (tertiary alicyclic amines) is 1. The van der Waals surface area contributed by atoms with E-state index in [1.807, 2.05) is 49.2 Å². The van der Waals surface area contributed by atoms with Crippen molar-refractivity contribution in [1.82, 2.24) is 9.88 Å². The number of nitrogens with one attached hydrogen (secondary N) is 1. The second-order valence-corrected chi connectivity index (χ2v) is 9.13. The molecule has 0 aliphatic carbocycles. The van der Waals surface area contributed by atoms with Crippen molar-refractivity contribution in [3.8, 4) is 11.8 Å². The molecule has 1 N–H and O–H groups in total. The van der Waals surface area contributed by atoms with Gasteiger partial charge in [0.2, 0.25) is 0 Å². The lowest BCUT2D eigenvalue weighted by Gasteiger charge is -2.23. The molecule has 2 amide bonds. The summed E-state index contributed by atoms with van der Waals surface area (Å²) in [6.07, 6.45) is 2.37. The molecule has 1 saturated heterocycles. The molecule has 0 radical (unpaired) electrons. The third-order valence-electron chi connectivity index (χ3n) is 6.83. The van der Waals surface area contributed by atoms with Gasteiger partial charge in [0.1, 0.15) is 11.6 Å². The number of para-hydroxylation sites is 1. The van der Waals surface area contributed by atoms with Gasteiger partial charge in [-0.3, -0.25) is 9.59 Å². The van der Waals surface area contributed by atoms with Crippen LogP contribution in [-0.4, -0.2) is 55.5 Å². The van der Waals surface area contributed by atoms with E-state index >= 15 is 0 Å². The number of amides is 2. The van der Waals surface area contributed by atoms with E-state index in [1.165, 1.54) is 0 Å². The Hall–Kier alpha value is -4.58. The van der Waals surface area contributed by atoms with Crippen LogP contribution in [0.5, 0.6) is 5.75 Å². The number of carbonyl (C=O) groups excluding carboxylic acids is 2. The Labute approximate surface area is 215 Å². The Kier molecular flexibility index (Phi) is 6.40. The number of ether oxygens (including phenoxy) is 1. The predicted molar refractivity (Wildman–Crippen MR) is 142 cm³/mol. The van der Waals surface area contributed by atoms with E-state index < -0.39 is 0 Å². The monoisotopic (exact) mass is 496 g/mol. The summed E-state index contributed by atoms with van der Waals surface area (Å²) in [7, 11) is 3.67. The van der Waals surface area contributed by atoms with Crippen LogP contribution < -0.4 is 19.9 Å². The Morgan fingerprint density at radius 3 is 2.70 bits per heavy atom. The van der Waals surface area contributed by atoms with Crippen LogP contribution in [0.3, 0.4) is 0 Å². The first-order chi connectivity index (χ1) is 17.9. The van der Waals surface area contributed by atoms with Gasteiger partial charge in [0.05, 0.1) is 53.1 Å². The third-order valence-corrected chi connectivity index (χ3v) is 6.83. The minimum atomic E-state index is -0.116. The lowest BCUT2D eigenvalue weighted by Crippen LogP contribution is -2.28. The Morgan fingerprint density at radius 2 is 1.95 bits per heavy atom. The van der Waals surface area contributed by atoms with Gasteiger partial charge in [0, 0.05) is 38.8 Å². The molecule has 0 spiro atoms. The first kappa shape index (κ1) is 24.1. The quantitative estimate of drug-likeness (QED) is 0.552. The van der Waals surface area contributed by atoms with Crippen molar-refractivity contribution < 1.29 is 14.3 Å². The van der Waals surface area contributed by atoms with Gasteiger partial charge in [-0.1, -0.05) is 12.1 Å². The molecule has 3 heterocycles. The SMILES string of the molecule is CCOc1cc(C(=O)N2CC[C@H](C#N)C2)ccc1Nc1cc2c(cn1)N(C)C(=O)c1ccccc1N2C. The average Bonchev–Trinajstić information content (AvgIpc) is 3.39. The van der Waals surface area contributed by atoms with Crippen LogP contribution in [0.1, 0.15) is 34.1 Å². The maximum absolute atomic E-state index is 13.0. The molecule has 2 aliphatic heterocycles. The molecule has 2 aromatic carbocycles. The maximum Gasteiger partial charge on any atom is 0.260 e. The van der Waals surface area contributed by atoms with E-state index in [0.717, 1.165) is 11.4 Å². The number of nitriles is 1. The van der Waals surface area contributed by atoms with E-state index in [-0.39, 0.29) is 17.7 Å². The predicted octanol–water partition coefficient (Wildman–Crippen LogP) is 4.57. The summed E-state index contributed by atoms with van der Waals surface area (Å²) >= 11 is 0. The van der Waals surface area contributed by atoms with Crippen molar-refractivity contribution >= 4 is 40.4 Å². The summed E-state index contributed by atoms with van der Waals surface area (Å²) < 4.78 is 5.86. The van der Waals surface area contributed by atoms with E-state index in [2.05, 4.69) is 16.4 Å². The van der Waals surface area contributed by atoms with Crippen molar-refractivity contribution in [2.24, 2.45) is 5.92 Å². The van der Waals surface area contributed by atoms with Gasteiger partial charge in [-0.25, -0.2) is 4.98 Å². The fourth-order valence-corrected chi connectivity index (χ4v) is 4.80. The number of rotatable bonds is 5. The lowest BCUT2D eigenvalue weighted by atomic mass is 10.1. The number of hydrogen-bond donors (Lipinski definition) is 1. The number of carbonyl (C=O) groups is 2. The third kappa shape index (κ3) is 4.42. The molecule has 37 heavy (non-hydrogen) atoms. The maximum atomic E-state index is 13.0. The van der Waals surface area contributed by atoms with Gasteiger partial charge in [0.25, 0.3) is 11.8 Å². The number of nitrogens with zero attached hydrogens (tertiary/aromatic N) is 5. The smallest absolute Gasteiger partial charge is 0.260 e. The zero-order valence-corrected chi connectivity index (χ0v) is 21.1. The topological polar surface area (TPSA) is 102 Å². The normalized spacial score (nSPS) is 16.5. The highest BCUT2D eigenvalue weighted by Gasteiger charge is 2.29. The van der Waals surface area contributed by atoms with Crippen LogP contribution >= 0.6 is 0 Å². The van der Waals surface area contributed by atoms with E-state index in [4.69, 9.17) is 10.00 Å². The molecule has 9 heteroatoms. The molecule has 5 rings (SSSR count). The number of pyridine rings is 1. The van der Waals surface area contributed by atoms with Gasteiger partial charge in [0.15, 0.2) is 0 Å². The van der Waals surface area contributed by atoms with Crippen molar-refractivity contribution in [1.29, 1.82) is 5.26 Å². The molecule has 2 aliphatic rings. The molecule has 188 valence electrons. The van der Waals surface area contributed by atoms with E-state index in [9.17, 15) is 9.59 Å². The fraction of sp³-hybridized carbons (Fsp3) is 0.286. The van der Waals surface area contributed by atoms with E-state index in [1.54, 1.807) is 41.2 Å². The molecule has 1 fully saturated rings. The van der Waals surface area contributed by atoms with Crippen LogP contribution in [0.15, 0.2) is 54.7 Å². The summed E-state index contributed by atoms with van der Waals surface area (Å²) in [4.78, 5) is 35.9. The van der Waals surface area contributed by atoms with Gasteiger partial charge in [-0.05, 0) is 43.7 Å². The van der Waals surface area contributed by atoms with Gasteiger partial charge in [-0.15, -0.1) is 0 Å². The Morgan fingerprint density at radius 1 is 1.14 bits per heavy atom. The molecule has 3 aromatic rings. The summed E-state index contributed by atoms with van der Waals surface area (Å²) in [6, 6.07) is 16.9. The number of fused-ring (bicyclic) bond motifs is 2. The van der Waals surface area contributed by atoms with Crippen LogP contribution in [0, 0.1) is 17.2 Å². The molecule has 0 bridgehead atoms. The molecular weight excluding hydrogens is 468 g/mol. The van der Waals surface area contributed by atoms with E-state index in [0.29, 0.717) is 60.2 Å². The molecule has 0 saturated carbocycles. The minimum Gasteiger partial charge on any atom is -0.492 e. The van der Waals surface area contributed by atoms with Gasteiger partial charge in [-0.2, -0.15) is 5.26 Å². The molecule has 0 unspecified atom stereocenters. The summed E-state index contributed by atoms with van der Waals surface area (Å²) in [5.41, 5.74) is 4.14. The first-order valence-electron chi connectivity index (χ1n) is 12.2. The summed E-state index contributed by atoms with van der Waals surface area (Å²) in [5, 5.41) is 12.5. The zero-order valence-electron chi connectivity index (χ0n) is 21.1. The molecule has 1 atom stereocenters. The molecular formula is C28H28N6O3. The van der Waals surface area contributed by atoms with Crippen molar-refractivity contribution in [3.05, 3.63) is 65.9 Å². The van der Waals surface area contributed by atoms with Gasteiger partial charge < -0.3 is 24.8 Å². The second-order valence-electron chi connectivity index (χ2n) is 9.13. The standard InChI is InChI=1S/C28H28N6O3/c1-4-37-25-13-19(27(35)34-12-11-18(15-29)17-34)9-10-21(25)31-26-14-23-24(16-30-26)33(3)28(36)20-7-5-6-8-22(20)32(23)2/h5-10,13-14,16,18H,4,11-12,17H2,1-3H3,(H,30,31)/t18-/m1/s1.